The normalized spacial score (nSPS) is 12.2. The van der Waals surface area contributed by atoms with Gasteiger partial charge < -0.3 is 15.0 Å². The van der Waals surface area contributed by atoms with Crippen molar-refractivity contribution in [3.63, 3.8) is 0 Å². The summed E-state index contributed by atoms with van der Waals surface area (Å²) in [4.78, 5) is 27.8. The van der Waals surface area contributed by atoms with Gasteiger partial charge in [-0.2, -0.15) is 0 Å². The summed E-state index contributed by atoms with van der Waals surface area (Å²) >= 11 is 9.56. The molecule has 0 saturated carbocycles. The number of aryl methyl sites for hydroxylation is 1. The molecule has 31 heavy (non-hydrogen) atoms. The molecule has 2 aromatic carbocycles. The number of hydrogen-bond acceptors (Lipinski definition) is 3. The Balaban J connectivity index is 2.26. The van der Waals surface area contributed by atoms with Crippen LogP contribution in [0.15, 0.2) is 46.9 Å². The Kier molecular flexibility index (Phi) is 8.95. The van der Waals surface area contributed by atoms with E-state index >= 15 is 0 Å². The van der Waals surface area contributed by atoms with Gasteiger partial charge in [-0.25, -0.2) is 0 Å². The monoisotopic (exact) mass is 508 g/mol. The van der Waals surface area contributed by atoms with Crippen molar-refractivity contribution in [2.45, 2.75) is 59.2 Å². The quantitative estimate of drug-likeness (QED) is 0.510. The van der Waals surface area contributed by atoms with E-state index in [0.29, 0.717) is 23.7 Å². The van der Waals surface area contributed by atoms with Crippen LogP contribution in [0, 0.1) is 6.92 Å². The molecular weight excluding hydrogens is 480 g/mol. The van der Waals surface area contributed by atoms with Crippen molar-refractivity contribution in [1.29, 1.82) is 0 Å². The van der Waals surface area contributed by atoms with Gasteiger partial charge >= 0.3 is 0 Å². The van der Waals surface area contributed by atoms with Gasteiger partial charge in [0, 0.05) is 16.6 Å². The van der Waals surface area contributed by atoms with E-state index in [-0.39, 0.29) is 18.4 Å². The van der Waals surface area contributed by atoms with Crippen molar-refractivity contribution in [3.05, 3.63) is 63.1 Å². The van der Waals surface area contributed by atoms with Crippen molar-refractivity contribution < 1.29 is 14.3 Å². The van der Waals surface area contributed by atoms with Crippen molar-refractivity contribution in [1.82, 2.24) is 10.2 Å². The molecule has 2 amide bonds. The summed E-state index contributed by atoms with van der Waals surface area (Å²) < 4.78 is 6.52. The van der Waals surface area contributed by atoms with E-state index in [2.05, 4.69) is 21.2 Å². The number of ether oxygens (including phenoxy) is 1. The highest BCUT2D eigenvalue weighted by atomic mass is 79.9. The average Bonchev–Trinajstić information content (AvgIpc) is 2.65. The Labute approximate surface area is 198 Å². The molecule has 7 heteroatoms. The third-order valence-electron chi connectivity index (χ3n) is 4.56. The first-order valence-corrected chi connectivity index (χ1v) is 11.4. The fraction of sp³-hybridized carbons (Fsp3) is 0.417. The number of halogens is 2. The Morgan fingerprint density at radius 2 is 1.90 bits per heavy atom. The lowest BCUT2D eigenvalue weighted by Gasteiger charge is -2.33. The van der Waals surface area contributed by atoms with E-state index in [1.807, 2.05) is 58.9 Å². The Bertz CT molecular complexity index is 927. The van der Waals surface area contributed by atoms with E-state index in [1.165, 1.54) is 0 Å². The van der Waals surface area contributed by atoms with Crippen LogP contribution < -0.4 is 10.1 Å². The summed E-state index contributed by atoms with van der Waals surface area (Å²) in [6.45, 7) is 9.75. The largest absolute Gasteiger partial charge is 0.482 e. The zero-order valence-electron chi connectivity index (χ0n) is 18.7. The first kappa shape index (κ1) is 25.2. The van der Waals surface area contributed by atoms with Crippen LogP contribution in [0.3, 0.4) is 0 Å². The molecule has 1 atom stereocenters. The van der Waals surface area contributed by atoms with Crippen LogP contribution in [0.2, 0.25) is 5.02 Å². The summed E-state index contributed by atoms with van der Waals surface area (Å²) in [6.07, 6.45) is 0.485. The van der Waals surface area contributed by atoms with Gasteiger partial charge in [0.15, 0.2) is 6.61 Å². The SMILES string of the molecule is CC[C@@H](C(=O)NC(C)(C)C)N(Cc1cccc(C)c1)C(=O)COc1ccc(Br)cc1Cl. The van der Waals surface area contributed by atoms with Crippen molar-refractivity contribution >= 4 is 39.3 Å². The Hall–Kier alpha value is -2.05. The number of amides is 2. The number of carbonyl (C=O) groups excluding carboxylic acids is 2. The molecule has 2 aromatic rings. The van der Waals surface area contributed by atoms with Gasteiger partial charge in [-0.3, -0.25) is 9.59 Å². The summed E-state index contributed by atoms with van der Waals surface area (Å²) in [5, 5.41) is 3.40. The number of nitrogens with zero attached hydrogens (tertiary/aromatic N) is 1. The van der Waals surface area contributed by atoms with Gasteiger partial charge in [0.25, 0.3) is 5.91 Å². The molecule has 0 saturated heterocycles. The molecule has 0 bridgehead atoms. The molecule has 5 nitrogen and oxygen atoms in total. The summed E-state index contributed by atoms with van der Waals surface area (Å²) in [5.41, 5.74) is 1.65. The van der Waals surface area contributed by atoms with Gasteiger partial charge in [-0.1, -0.05) is 64.3 Å². The second kappa shape index (κ2) is 11.0. The molecule has 0 radical (unpaired) electrons. The topological polar surface area (TPSA) is 58.6 Å². The molecule has 1 N–H and O–H groups in total. The van der Waals surface area contributed by atoms with Crippen LogP contribution >= 0.6 is 27.5 Å². The summed E-state index contributed by atoms with van der Waals surface area (Å²) in [7, 11) is 0. The second-order valence-corrected chi connectivity index (χ2v) is 9.86. The maximum Gasteiger partial charge on any atom is 0.261 e. The van der Waals surface area contributed by atoms with Crippen LogP contribution in [0.4, 0.5) is 0 Å². The van der Waals surface area contributed by atoms with E-state index in [1.54, 1.807) is 23.1 Å². The maximum atomic E-state index is 13.2. The van der Waals surface area contributed by atoms with Crippen LogP contribution in [0.25, 0.3) is 0 Å². The fourth-order valence-electron chi connectivity index (χ4n) is 3.19. The molecule has 0 unspecified atom stereocenters. The van der Waals surface area contributed by atoms with Gasteiger partial charge in [0.2, 0.25) is 5.91 Å². The van der Waals surface area contributed by atoms with Crippen LogP contribution in [0.1, 0.15) is 45.2 Å². The average molecular weight is 510 g/mol. The third-order valence-corrected chi connectivity index (χ3v) is 5.35. The lowest BCUT2D eigenvalue weighted by atomic mass is 10.1. The van der Waals surface area contributed by atoms with Crippen molar-refractivity contribution in [3.8, 4) is 5.75 Å². The number of benzene rings is 2. The molecule has 0 heterocycles. The van der Waals surface area contributed by atoms with Gasteiger partial charge in [0.1, 0.15) is 11.8 Å². The molecule has 0 spiro atoms. The number of hydrogen-bond donors (Lipinski definition) is 1. The molecule has 168 valence electrons. The molecule has 2 rings (SSSR count). The maximum absolute atomic E-state index is 13.2. The predicted molar refractivity (Wildman–Crippen MR) is 128 cm³/mol. The highest BCUT2D eigenvalue weighted by Crippen LogP contribution is 2.28. The van der Waals surface area contributed by atoms with E-state index in [9.17, 15) is 9.59 Å². The Morgan fingerprint density at radius 3 is 2.48 bits per heavy atom. The minimum absolute atomic E-state index is 0.183. The molecule has 0 aliphatic carbocycles. The van der Waals surface area contributed by atoms with Crippen LogP contribution in [-0.2, 0) is 16.1 Å². The smallest absolute Gasteiger partial charge is 0.261 e. The molecular formula is C24H30BrClN2O3. The van der Waals surface area contributed by atoms with Gasteiger partial charge in [-0.05, 0) is 57.9 Å². The highest BCUT2D eigenvalue weighted by Gasteiger charge is 2.31. The standard InChI is InChI=1S/C24H30BrClN2O3/c1-6-20(23(30)27-24(3,4)5)28(14-17-9-7-8-16(2)12-17)22(29)15-31-21-11-10-18(25)13-19(21)26/h7-13,20H,6,14-15H2,1-5H3,(H,27,30)/t20-/m0/s1. The molecule has 0 aromatic heterocycles. The molecule has 0 aliphatic rings. The minimum atomic E-state index is -0.615. The number of nitrogens with one attached hydrogen (secondary N) is 1. The van der Waals surface area contributed by atoms with Gasteiger partial charge in [-0.15, -0.1) is 0 Å². The Morgan fingerprint density at radius 1 is 1.19 bits per heavy atom. The number of carbonyl (C=O) groups is 2. The highest BCUT2D eigenvalue weighted by molar-refractivity contribution is 9.10. The van der Waals surface area contributed by atoms with Crippen molar-refractivity contribution in [2.24, 2.45) is 0 Å². The molecule has 0 fully saturated rings. The fourth-order valence-corrected chi connectivity index (χ4v) is 3.92. The van der Waals surface area contributed by atoms with Crippen molar-refractivity contribution in [2.75, 3.05) is 6.61 Å². The molecule has 0 aliphatic heterocycles. The third kappa shape index (κ3) is 7.86. The summed E-state index contributed by atoms with van der Waals surface area (Å²) in [5.74, 6) is -0.0463. The van der Waals surface area contributed by atoms with Crippen LogP contribution in [-0.4, -0.2) is 34.9 Å². The van der Waals surface area contributed by atoms with E-state index < -0.39 is 11.6 Å². The second-order valence-electron chi connectivity index (χ2n) is 8.54. The zero-order chi connectivity index (χ0) is 23.2. The van der Waals surface area contributed by atoms with E-state index in [0.717, 1.165) is 15.6 Å². The summed E-state index contributed by atoms with van der Waals surface area (Å²) in [6, 6.07) is 12.5. The number of rotatable bonds is 8. The first-order chi connectivity index (χ1) is 14.5. The zero-order valence-corrected chi connectivity index (χ0v) is 21.0. The lowest BCUT2D eigenvalue weighted by Crippen LogP contribution is -2.54. The minimum Gasteiger partial charge on any atom is -0.482 e. The lowest BCUT2D eigenvalue weighted by molar-refractivity contribution is -0.143. The van der Waals surface area contributed by atoms with Crippen LogP contribution in [0.5, 0.6) is 5.75 Å². The van der Waals surface area contributed by atoms with Gasteiger partial charge in [0.05, 0.1) is 5.02 Å². The first-order valence-electron chi connectivity index (χ1n) is 10.2. The predicted octanol–water partition coefficient (Wildman–Crippen LogP) is 5.51. The van der Waals surface area contributed by atoms with E-state index in [4.69, 9.17) is 16.3 Å².